The normalized spacial score (nSPS) is 12.1. The van der Waals surface area contributed by atoms with Crippen molar-refractivity contribution < 1.29 is 35.6 Å². The van der Waals surface area contributed by atoms with Gasteiger partial charge in [0.1, 0.15) is 11.4 Å². The molecule has 0 fully saturated rings. The van der Waals surface area contributed by atoms with Gasteiger partial charge < -0.3 is 14.2 Å². The minimum absolute atomic E-state index is 0. The van der Waals surface area contributed by atoms with E-state index in [9.17, 15) is 26.3 Å². The van der Waals surface area contributed by atoms with Gasteiger partial charge in [-0.05, 0) is 30.3 Å². The van der Waals surface area contributed by atoms with E-state index in [-0.39, 0.29) is 29.7 Å². The fraction of sp³-hybridized carbons (Fsp3) is 0.167. The lowest BCUT2D eigenvalue weighted by Gasteiger charge is -2.15. The summed E-state index contributed by atoms with van der Waals surface area (Å²) in [5, 5.41) is 4.46. The summed E-state index contributed by atoms with van der Waals surface area (Å²) in [5.41, 5.74) is -0.414. The lowest BCUT2D eigenvalue weighted by Crippen LogP contribution is -2.20. The number of aromatic amines is 1. The van der Waals surface area contributed by atoms with Crippen LogP contribution in [0.4, 0.5) is 26.3 Å². The Hall–Kier alpha value is -3.28. The molecule has 3 aromatic heterocycles. The molecule has 0 aliphatic carbocycles. The highest BCUT2D eigenvalue weighted by Gasteiger charge is 2.37. The van der Waals surface area contributed by atoms with Crippen molar-refractivity contribution in [3.8, 4) is 28.6 Å². The van der Waals surface area contributed by atoms with Gasteiger partial charge in [0.25, 0.3) is 5.89 Å². The third-order valence-corrected chi connectivity index (χ3v) is 4.05. The molecule has 4 aromatic rings. The van der Waals surface area contributed by atoms with Crippen molar-refractivity contribution in [2.75, 3.05) is 6.61 Å². The van der Waals surface area contributed by atoms with Gasteiger partial charge in [-0.1, -0.05) is 5.16 Å². The molecule has 0 amide bonds. The smallest absolute Gasteiger partial charge is 0.422 e. The zero-order valence-corrected chi connectivity index (χ0v) is 15.9. The minimum Gasteiger partial charge on any atom is -0.483 e. The SMILES string of the molecule is Cl.FC(F)(F)COc1ccc(-c2nc(-c3ccnc4[nH]ccc34)no2)cc1C(F)(F)F. The molecule has 164 valence electrons. The van der Waals surface area contributed by atoms with Crippen LogP contribution in [-0.2, 0) is 6.18 Å². The summed E-state index contributed by atoms with van der Waals surface area (Å²) < 4.78 is 86.3. The Morgan fingerprint density at radius 2 is 1.81 bits per heavy atom. The van der Waals surface area contributed by atoms with Gasteiger partial charge in [0.15, 0.2) is 6.61 Å². The summed E-state index contributed by atoms with van der Waals surface area (Å²) in [6.45, 7) is -1.85. The van der Waals surface area contributed by atoms with Crippen LogP contribution in [0.15, 0.2) is 47.2 Å². The van der Waals surface area contributed by atoms with Gasteiger partial charge in [0.05, 0.1) is 5.56 Å². The van der Waals surface area contributed by atoms with Crippen molar-refractivity contribution >= 4 is 23.4 Å². The molecule has 6 nitrogen and oxygen atoms in total. The zero-order chi connectivity index (χ0) is 21.5. The molecule has 1 aromatic carbocycles. The number of ether oxygens (including phenoxy) is 1. The zero-order valence-electron chi connectivity index (χ0n) is 15.1. The molecule has 0 aliphatic rings. The highest BCUT2D eigenvalue weighted by atomic mass is 35.5. The number of hydrogen-bond acceptors (Lipinski definition) is 5. The number of alkyl halides is 6. The second-order valence-corrected chi connectivity index (χ2v) is 6.13. The molecule has 0 radical (unpaired) electrons. The predicted molar refractivity (Wildman–Crippen MR) is 98.6 cm³/mol. The monoisotopic (exact) mass is 464 g/mol. The van der Waals surface area contributed by atoms with Crippen molar-refractivity contribution in [1.29, 1.82) is 0 Å². The van der Waals surface area contributed by atoms with E-state index in [0.29, 0.717) is 22.7 Å². The van der Waals surface area contributed by atoms with Gasteiger partial charge in [0, 0.05) is 28.9 Å². The molecule has 0 atom stereocenters. The number of hydrogen-bond donors (Lipinski definition) is 1. The van der Waals surface area contributed by atoms with E-state index in [0.717, 1.165) is 12.1 Å². The maximum atomic E-state index is 13.3. The van der Waals surface area contributed by atoms with Crippen LogP contribution < -0.4 is 4.74 Å². The number of nitrogens with zero attached hydrogens (tertiary/aromatic N) is 3. The Kier molecular flexibility index (Phi) is 5.85. The molecule has 0 spiro atoms. The Bertz CT molecular complexity index is 1200. The summed E-state index contributed by atoms with van der Waals surface area (Å²) in [6, 6.07) is 5.82. The van der Waals surface area contributed by atoms with Crippen LogP contribution in [0.1, 0.15) is 5.56 Å². The van der Waals surface area contributed by atoms with Crippen LogP contribution in [0.2, 0.25) is 0 Å². The molecule has 0 aliphatic heterocycles. The van der Waals surface area contributed by atoms with Gasteiger partial charge in [-0.2, -0.15) is 31.3 Å². The third-order valence-electron chi connectivity index (χ3n) is 4.05. The van der Waals surface area contributed by atoms with Gasteiger partial charge in [0.2, 0.25) is 5.82 Å². The van der Waals surface area contributed by atoms with Crippen LogP contribution in [0, 0.1) is 0 Å². The van der Waals surface area contributed by atoms with Gasteiger partial charge in [-0.15, -0.1) is 12.4 Å². The van der Waals surface area contributed by atoms with E-state index >= 15 is 0 Å². The third kappa shape index (κ3) is 4.74. The van der Waals surface area contributed by atoms with E-state index < -0.39 is 30.3 Å². The number of pyridine rings is 1. The largest absolute Gasteiger partial charge is 0.483 e. The summed E-state index contributed by atoms with van der Waals surface area (Å²) in [4.78, 5) is 11.1. The number of benzene rings is 1. The Morgan fingerprint density at radius 1 is 1.03 bits per heavy atom. The topological polar surface area (TPSA) is 76.8 Å². The summed E-state index contributed by atoms with van der Waals surface area (Å²) in [5.74, 6) is -1.08. The van der Waals surface area contributed by atoms with Gasteiger partial charge in [-0.25, -0.2) is 4.98 Å². The molecule has 0 bridgehead atoms. The first-order valence-electron chi connectivity index (χ1n) is 8.29. The molecule has 13 heteroatoms. The van der Waals surface area contributed by atoms with E-state index in [1.807, 2.05) is 0 Å². The molecule has 0 saturated heterocycles. The summed E-state index contributed by atoms with van der Waals surface area (Å²) >= 11 is 0. The lowest BCUT2D eigenvalue weighted by atomic mass is 10.1. The molecule has 1 N–H and O–H groups in total. The van der Waals surface area contributed by atoms with Gasteiger partial charge >= 0.3 is 12.4 Å². The fourth-order valence-electron chi connectivity index (χ4n) is 2.78. The lowest BCUT2D eigenvalue weighted by molar-refractivity contribution is -0.158. The van der Waals surface area contributed by atoms with E-state index in [1.54, 1.807) is 18.3 Å². The Balaban J connectivity index is 0.00000272. The molecular weight excluding hydrogens is 454 g/mol. The molecule has 0 unspecified atom stereocenters. The van der Waals surface area contributed by atoms with Crippen molar-refractivity contribution in [2.24, 2.45) is 0 Å². The quantitative estimate of drug-likeness (QED) is 0.394. The number of aromatic nitrogens is 4. The standard InChI is InChI=1S/C18H10F6N4O2.ClH/c19-17(20,21)8-29-13-2-1-9(7-12(13)18(22,23)24)16-27-15(28-30-16)11-4-6-26-14-10(11)3-5-25-14;/h1-7H,8H2,(H,25,26);1H. The van der Waals surface area contributed by atoms with Crippen molar-refractivity contribution in [3.05, 3.63) is 48.3 Å². The summed E-state index contributed by atoms with van der Waals surface area (Å²) in [7, 11) is 0. The fourth-order valence-corrected chi connectivity index (χ4v) is 2.78. The predicted octanol–water partition coefficient (Wildman–Crippen LogP) is 5.66. The first-order valence-corrected chi connectivity index (χ1v) is 8.29. The van der Waals surface area contributed by atoms with Crippen LogP contribution in [0.3, 0.4) is 0 Å². The highest BCUT2D eigenvalue weighted by molar-refractivity contribution is 5.90. The van der Waals surface area contributed by atoms with Crippen LogP contribution in [-0.4, -0.2) is 32.9 Å². The molecule has 0 saturated carbocycles. The van der Waals surface area contributed by atoms with Gasteiger partial charge in [-0.3, -0.25) is 0 Å². The number of nitrogens with one attached hydrogen (secondary N) is 1. The second kappa shape index (κ2) is 8.10. The first-order chi connectivity index (χ1) is 14.1. The number of rotatable bonds is 4. The van der Waals surface area contributed by atoms with E-state index in [1.165, 1.54) is 6.20 Å². The van der Waals surface area contributed by atoms with Crippen molar-refractivity contribution in [2.45, 2.75) is 12.4 Å². The average Bonchev–Trinajstić information content (AvgIpc) is 3.34. The molecule has 3 heterocycles. The Morgan fingerprint density at radius 3 is 2.52 bits per heavy atom. The molecular formula is C18H11ClF6N4O2. The van der Waals surface area contributed by atoms with E-state index in [2.05, 4.69) is 24.8 Å². The van der Waals surface area contributed by atoms with Crippen LogP contribution in [0.5, 0.6) is 5.75 Å². The minimum atomic E-state index is -4.96. The maximum absolute atomic E-state index is 13.3. The van der Waals surface area contributed by atoms with E-state index in [4.69, 9.17) is 4.52 Å². The van der Waals surface area contributed by atoms with Crippen molar-refractivity contribution in [1.82, 2.24) is 20.1 Å². The van der Waals surface area contributed by atoms with Crippen LogP contribution >= 0.6 is 12.4 Å². The van der Waals surface area contributed by atoms with Crippen LogP contribution in [0.25, 0.3) is 33.9 Å². The maximum Gasteiger partial charge on any atom is 0.422 e. The first kappa shape index (κ1) is 22.4. The Labute approximate surface area is 175 Å². The molecule has 31 heavy (non-hydrogen) atoms. The second-order valence-electron chi connectivity index (χ2n) is 6.13. The number of H-pyrrole nitrogens is 1. The number of fused-ring (bicyclic) bond motifs is 1. The number of halogens is 7. The summed E-state index contributed by atoms with van der Waals surface area (Å²) in [6.07, 6.45) is -6.59. The average molecular weight is 465 g/mol. The highest BCUT2D eigenvalue weighted by Crippen LogP contribution is 2.39. The van der Waals surface area contributed by atoms with Crippen molar-refractivity contribution in [3.63, 3.8) is 0 Å². The molecule has 4 rings (SSSR count).